The molecule has 14 heavy (non-hydrogen) atoms. The summed E-state index contributed by atoms with van der Waals surface area (Å²) < 4.78 is 27.3. The zero-order valence-electron chi connectivity index (χ0n) is 8.02. The number of rotatable bonds is 3. The van der Waals surface area contributed by atoms with Crippen LogP contribution in [0.3, 0.4) is 0 Å². The van der Waals surface area contributed by atoms with Gasteiger partial charge in [0.05, 0.1) is 6.10 Å². The van der Waals surface area contributed by atoms with Crippen molar-refractivity contribution in [2.24, 2.45) is 0 Å². The van der Waals surface area contributed by atoms with Gasteiger partial charge in [-0.2, -0.15) is 17.4 Å². The number of aliphatic hydroxyl groups is 1. The van der Waals surface area contributed by atoms with Crippen molar-refractivity contribution in [3.05, 3.63) is 0 Å². The molecule has 0 aromatic rings. The first-order valence-corrected chi connectivity index (χ1v) is 6.47. The average Bonchev–Trinajstić information content (AvgIpc) is 2.87. The Hall–Kier alpha value is -0.170. The summed E-state index contributed by atoms with van der Waals surface area (Å²) in [5.41, 5.74) is 0. The van der Waals surface area contributed by atoms with E-state index in [1.165, 1.54) is 4.31 Å². The van der Waals surface area contributed by atoms with Gasteiger partial charge >= 0.3 is 0 Å². The van der Waals surface area contributed by atoms with Gasteiger partial charge in [-0.05, 0) is 25.7 Å². The van der Waals surface area contributed by atoms with E-state index in [-0.39, 0.29) is 12.6 Å². The van der Waals surface area contributed by atoms with Gasteiger partial charge in [-0.1, -0.05) is 0 Å². The molecule has 6 heteroatoms. The highest BCUT2D eigenvalue weighted by molar-refractivity contribution is 7.87. The molecule has 0 bridgehead atoms. The molecule has 1 aliphatic heterocycles. The van der Waals surface area contributed by atoms with Crippen molar-refractivity contribution in [1.82, 2.24) is 9.03 Å². The van der Waals surface area contributed by atoms with E-state index >= 15 is 0 Å². The Morgan fingerprint density at radius 1 is 1.29 bits per heavy atom. The SMILES string of the molecule is O=S(=O)(NC1CC1)N1CCC[C@H](O)C1. The van der Waals surface area contributed by atoms with Crippen molar-refractivity contribution < 1.29 is 13.5 Å². The van der Waals surface area contributed by atoms with Crippen LogP contribution in [0.4, 0.5) is 0 Å². The zero-order chi connectivity index (χ0) is 10.2. The molecular weight excluding hydrogens is 204 g/mol. The van der Waals surface area contributed by atoms with Gasteiger partial charge in [-0.25, -0.2) is 0 Å². The fraction of sp³-hybridized carbons (Fsp3) is 1.00. The fourth-order valence-corrected chi connectivity index (χ4v) is 3.17. The molecule has 82 valence electrons. The van der Waals surface area contributed by atoms with E-state index in [2.05, 4.69) is 4.72 Å². The van der Waals surface area contributed by atoms with Crippen LogP contribution in [0.25, 0.3) is 0 Å². The minimum atomic E-state index is -3.33. The third-order valence-electron chi connectivity index (χ3n) is 2.59. The second-order valence-corrected chi connectivity index (χ2v) is 5.75. The van der Waals surface area contributed by atoms with Crippen molar-refractivity contribution in [2.45, 2.75) is 37.8 Å². The number of nitrogens with zero attached hydrogens (tertiary/aromatic N) is 1. The van der Waals surface area contributed by atoms with E-state index in [4.69, 9.17) is 0 Å². The van der Waals surface area contributed by atoms with Gasteiger partial charge in [0.2, 0.25) is 0 Å². The molecule has 2 rings (SSSR count). The van der Waals surface area contributed by atoms with Crippen LogP contribution in [0.2, 0.25) is 0 Å². The van der Waals surface area contributed by atoms with Crippen molar-refractivity contribution in [3.8, 4) is 0 Å². The molecule has 0 spiro atoms. The summed E-state index contributed by atoms with van der Waals surface area (Å²) >= 11 is 0. The Kier molecular flexibility index (Phi) is 2.79. The number of hydrogen-bond donors (Lipinski definition) is 2. The van der Waals surface area contributed by atoms with Crippen molar-refractivity contribution >= 4 is 10.2 Å². The van der Waals surface area contributed by atoms with E-state index in [0.717, 1.165) is 19.3 Å². The summed E-state index contributed by atoms with van der Waals surface area (Å²) in [6.45, 7) is 0.765. The molecule has 1 aliphatic carbocycles. The van der Waals surface area contributed by atoms with Crippen LogP contribution in [0.1, 0.15) is 25.7 Å². The monoisotopic (exact) mass is 220 g/mol. The van der Waals surface area contributed by atoms with E-state index in [1.807, 2.05) is 0 Å². The van der Waals surface area contributed by atoms with Gasteiger partial charge in [0.25, 0.3) is 10.2 Å². The van der Waals surface area contributed by atoms with Gasteiger partial charge < -0.3 is 5.11 Å². The summed E-state index contributed by atoms with van der Waals surface area (Å²) in [7, 11) is -3.33. The summed E-state index contributed by atoms with van der Waals surface area (Å²) in [6.07, 6.45) is 2.83. The highest BCUT2D eigenvalue weighted by Crippen LogP contribution is 2.21. The molecule has 2 N–H and O–H groups in total. The van der Waals surface area contributed by atoms with Crippen molar-refractivity contribution in [2.75, 3.05) is 13.1 Å². The van der Waals surface area contributed by atoms with E-state index < -0.39 is 16.3 Å². The van der Waals surface area contributed by atoms with Gasteiger partial charge in [-0.3, -0.25) is 0 Å². The lowest BCUT2D eigenvalue weighted by Gasteiger charge is -2.29. The fourth-order valence-electron chi connectivity index (χ4n) is 1.63. The minimum Gasteiger partial charge on any atom is -0.392 e. The van der Waals surface area contributed by atoms with Crippen LogP contribution in [-0.2, 0) is 10.2 Å². The number of nitrogens with one attached hydrogen (secondary N) is 1. The molecule has 5 nitrogen and oxygen atoms in total. The van der Waals surface area contributed by atoms with Crippen LogP contribution < -0.4 is 4.72 Å². The third-order valence-corrected chi connectivity index (χ3v) is 4.23. The molecule has 0 aromatic heterocycles. The average molecular weight is 220 g/mol. The third kappa shape index (κ3) is 2.44. The number of β-amino-alcohol motifs (C(OH)–C–C–N with tert-alkyl or cyclic N) is 1. The molecule has 0 aromatic carbocycles. The van der Waals surface area contributed by atoms with Crippen molar-refractivity contribution in [1.29, 1.82) is 0 Å². The largest absolute Gasteiger partial charge is 0.392 e. The molecule has 1 saturated heterocycles. The van der Waals surface area contributed by atoms with Gasteiger partial charge in [-0.15, -0.1) is 0 Å². The second-order valence-electron chi connectivity index (χ2n) is 4.05. The molecule has 1 atom stereocenters. The Morgan fingerprint density at radius 2 is 2.00 bits per heavy atom. The topological polar surface area (TPSA) is 69.6 Å². The van der Waals surface area contributed by atoms with Gasteiger partial charge in [0, 0.05) is 19.1 Å². The van der Waals surface area contributed by atoms with Crippen LogP contribution in [0.15, 0.2) is 0 Å². The molecule has 0 amide bonds. The summed E-state index contributed by atoms with van der Waals surface area (Å²) in [4.78, 5) is 0. The standard InChI is InChI=1S/C8H16N2O3S/c11-8-2-1-5-10(6-8)14(12,13)9-7-3-4-7/h7-9,11H,1-6H2/t8-/m0/s1. The predicted octanol–water partition coefficient (Wildman–Crippen LogP) is -0.560. The number of piperidine rings is 1. The summed E-state index contributed by atoms with van der Waals surface area (Å²) in [5.74, 6) is 0. The van der Waals surface area contributed by atoms with Crippen LogP contribution in [-0.4, -0.2) is 43.1 Å². The normalized spacial score (nSPS) is 30.5. The zero-order valence-corrected chi connectivity index (χ0v) is 8.83. The molecule has 0 radical (unpaired) electrons. The lowest BCUT2D eigenvalue weighted by molar-refractivity contribution is 0.107. The summed E-state index contributed by atoms with van der Waals surface area (Å²) in [6, 6.07) is 0.138. The lowest BCUT2D eigenvalue weighted by Crippen LogP contribution is -2.48. The van der Waals surface area contributed by atoms with E-state index in [0.29, 0.717) is 13.0 Å². The Bertz CT molecular complexity index is 300. The highest BCUT2D eigenvalue weighted by atomic mass is 32.2. The first-order chi connectivity index (χ1) is 6.58. The molecule has 2 aliphatic rings. The van der Waals surface area contributed by atoms with E-state index in [1.54, 1.807) is 0 Å². The highest BCUT2D eigenvalue weighted by Gasteiger charge is 2.33. The van der Waals surface area contributed by atoms with E-state index in [9.17, 15) is 13.5 Å². The van der Waals surface area contributed by atoms with Gasteiger partial charge in [0.15, 0.2) is 0 Å². The molecule has 2 fully saturated rings. The van der Waals surface area contributed by atoms with Crippen molar-refractivity contribution in [3.63, 3.8) is 0 Å². The Balaban J connectivity index is 1.97. The first-order valence-electron chi connectivity index (χ1n) is 5.03. The molecular formula is C8H16N2O3S. The van der Waals surface area contributed by atoms with Crippen LogP contribution in [0, 0.1) is 0 Å². The van der Waals surface area contributed by atoms with Gasteiger partial charge in [0.1, 0.15) is 0 Å². The number of aliphatic hydroxyl groups excluding tert-OH is 1. The quantitative estimate of drug-likeness (QED) is 0.670. The minimum absolute atomic E-state index is 0.138. The molecule has 1 saturated carbocycles. The maximum absolute atomic E-state index is 11.7. The van der Waals surface area contributed by atoms with Crippen LogP contribution >= 0.6 is 0 Å². The molecule has 0 unspecified atom stereocenters. The second kappa shape index (κ2) is 3.77. The summed E-state index contributed by atoms with van der Waals surface area (Å²) in [5, 5.41) is 9.36. The maximum atomic E-state index is 11.7. The predicted molar refractivity (Wildman–Crippen MR) is 51.9 cm³/mol. The maximum Gasteiger partial charge on any atom is 0.279 e. The number of hydrogen-bond acceptors (Lipinski definition) is 3. The van der Waals surface area contributed by atoms with Crippen LogP contribution in [0.5, 0.6) is 0 Å². The Labute approximate surface area is 84.3 Å². The Morgan fingerprint density at radius 3 is 2.57 bits per heavy atom. The lowest BCUT2D eigenvalue weighted by atomic mass is 10.1. The smallest absolute Gasteiger partial charge is 0.279 e. The molecule has 1 heterocycles. The first kappa shape index (κ1) is 10.4.